The normalized spacial score (nSPS) is 12.6. The van der Waals surface area contributed by atoms with E-state index in [1.807, 2.05) is 12.4 Å². The Kier molecular flexibility index (Phi) is 5.57. The van der Waals surface area contributed by atoms with Gasteiger partial charge in [0.25, 0.3) is 0 Å². The summed E-state index contributed by atoms with van der Waals surface area (Å²) >= 11 is 0. The molecular formula is C18H27N3. The van der Waals surface area contributed by atoms with E-state index in [0.717, 1.165) is 31.6 Å². The summed E-state index contributed by atoms with van der Waals surface area (Å²) in [4.78, 5) is 4.43. The van der Waals surface area contributed by atoms with Crippen molar-refractivity contribution in [3.05, 3.63) is 53.1 Å². The van der Waals surface area contributed by atoms with E-state index in [9.17, 15) is 0 Å². The maximum atomic E-state index is 4.43. The Hall–Kier alpha value is -1.61. The van der Waals surface area contributed by atoms with Crippen molar-refractivity contribution in [3.8, 4) is 0 Å². The first-order valence-electron chi connectivity index (χ1n) is 7.88. The second kappa shape index (κ2) is 7.41. The van der Waals surface area contributed by atoms with Gasteiger partial charge in [-0.05, 0) is 44.4 Å². The molecule has 1 aromatic carbocycles. The summed E-state index contributed by atoms with van der Waals surface area (Å²) in [5.74, 6) is 1.16. The highest BCUT2D eigenvalue weighted by Gasteiger charge is 2.14. The van der Waals surface area contributed by atoms with E-state index in [2.05, 4.69) is 60.9 Å². The minimum Gasteiger partial charge on any atom is -0.338 e. The van der Waals surface area contributed by atoms with Crippen molar-refractivity contribution in [2.75, 3.05) is 6.54 Å². The van der Waals surface area contributed by atoms with E-state index in [4.69, 9.17) is 0 Å². The molecule has 21 heavy (non-hydrogen) atoms. The maximum absolute atomic E-state index is 4.43. The third kappa shape index (κ3) is 4.18. The summed E-state index contributed by atoms with van der Waals surface area (Å²) in [6, 6.07) is 7.17. The fraction of sp³-hybridized carbons (Fsp3) is 0.500. The van der Waals surface area contributed by atoms with Crippen LogP contribution in [0.15, 0.2) is 30.6 Å². The van der Waals surface area contributed by atoms with Crippen LogP contribution in [0.1, 0.15) is 48.3 Å². The van der Waals surface area contributed by atoms with Gasteiger partial charge in [0, 0.05) is 31.9 Å². The lowest BCUT2D eigenvalue weighted by Gasteiger charge is -2.21. The van der Waals surface area contributed by atoms with Crippen molar-refractivity contribution >= 4 is 0 Å². The highest BCUT2D eigenvalue weighted by atomic mass is 15.0. The average molecular weight is 285 g/mol. The number of imidazole rings is 1. The predicted octanol–water partition coefficient (Wildman–Crippen LogP) is 3.71. The third-order valence-electron chi connectivity index (χ3n) is 4.02. The monoisotopic (exact) mass is 285 g/mol. The van der Waals surface area contributed by atoms with Gasteiger partial charge in [0.2, 0.25) is 0 Å². The lowest BCUT2D eigenvalue weighted by Crippen LogP contribution is -2.24. The number of hydrogen-bond donors (Lipinski definition) is 1. The van der Waals surface area contributed by atoms with Gasteiger partial charge in [-0.3, -0.25) is 0 Å². The molecule has 0 bridgehead atoms. The highest BCUT2D eigenvalue weighted by Crippen LogP contribution is 2.23. The predicted molar refractivity (Wildman–Crippen MR) is 88.5 cm³/mol. The number of benzene rings is 1. The molecule has 114 valence electrons. The Morgan fingerprint density at radius 3 is 2.71 bits per heavy atom. The van der Waals surface area contributed by atoms with Crippen molar-refractivity contribution in [1.29, 1.82) is 0 Å². The lowest BCUT2D eigenvalue weighted by molar-refractivity contribution is 0.489. The van der Waals surface area contributed by atoms with Crippen LogP contribution in [0.3, 0.4) is 0 Å². The van der Waals surface area contributed by atoms with Crippen molar-refractivity contribution in [2.24, 2.45) is 7.05 Å². The molecule has 1 unspecified atom stereocenters. The number of aryl methyl sites for hydroxylation is 4. The van der Waals surface area contributed by atoms with E-state index >= 15 is 0 Å². The minimum absolute atomic E-state index is 0.405. The minimum atomic E-state index is 0.405. The largest absolute Gasteiger partial charge is 0.338 e. The molecule has 2 rings (SSSR count). The van der Waals surface area contributed by atoms with E-state index in [-0.39, 0.29) is 0 Å². The Morgan fingerprint density at radius 2 is 2.10 bits per heavy atom. The third-order valence-corrected chi connectivity index (χ3v) is 4.02. The summed E-state index contributed by atoms with van der Waals surface area (Å²) in [5.41, 5.74) is 4.13. The van der Waals surface area contributed by atoms with Crippen molar-refractivity contribution in [1.82, 2.24) is 14.9 Å². The van der Waals surface area contributed by atoms with Crippen LogP contribution in [0.5, 0.6) is 0 Å². The second-order valence-corrected chi connectivity index (χ2v) is 5.86. The van der Waals surface area contributed by atoms with Crippen LogP contribution < -0.4 is 5.32 Å². The molecule has 0 radical (unpaired) electrons. The molecule has 1 heterocycles. The zero-order chi connectivity index (χ0) is 15.2. The standard InChI is InChI=1S/C18H27N3/c1-5-10-19-17(8-9-18-20-11-12-21(18)4)16-7-6-14(2)13-15(16)3/h6-7,11-13,17,19H,5,8-10H2,1-4H3. The van der Waals surface area contributed by atoms with Crippen LogP contribution in [0, 0.1) is 13.8 Å². The molecule has 0 aliphatic heterocycles. The second-order valence-electron chi connectivity index (χ2n) is 5.86. The lowest BCUT2D eigenvalue weighted by atomic mass is 9.95. The van der Waals surface area contributed by atoms with Gasteiger partial charge in [-0.25, -0.2) is 4.98 Å². The zero-order valence-corrected chi connectivity index (χ0v) is 13.7. The number of aromatic nitrogens is 2. The summed E-state index contributed by atoms with van der Waals surface area (Å²) in [5, 5.41) is 3.69. The summed E-state index contributed by atoms with van der Waals surface area (Å²) in [6.45, 7) is 7.63. The highest BCUT2D eigenvalue weighted by molar-refractivity contribution is 5.32. The quantitative estimate of drug-likeness (QED) is 0.840. The topological polar surface area (TPSA) is 29.9 Å². The van der Waals surface area contributed by atoms with Crippen LogP contribution in [0.4, 0.5) is 0 Å². The van der Waals surface area contributed by atoms with Gasteiger partial charge in [0.15, 0.2) is 0 Å². The molecular weight excluding hydrogens is 258 g/mol. The maximum Gasteiger partial charge on any atom is 0.108 e. The van der Waals surface area contributed by atoms with Crippen LogP contribution in [-0.2, 0) is 13.5 Å². The van der Waals surface area contributed by atoms with Gasteiger partial charge in [0.05, 0.1) is 0 Å². The Balaban J connectivity index is 2.12. The number of rotatable bonds is 7. The number of hydrogen-bond acceptors (Lipinski definition) is 2. The van der Waals surface area contributed by atoms with Gasteiger partial charge < -0.3 is 9.88 Å². The molecule has 1 N–H and O–H groups in total. The number of nitrogens with one attached hydrogen (secondary N) is 1. The molecule has 0 saturated carbocycles. The van der Waals surface area contributed by atoms with Crippen LogP contribution >= 0.6 is 0 Å². The fourth-order valence-corrected chi connectivity index (χ4v) is 2.81. The Bertz CT molecular complexity index is 572. The van der Waals surface area contributed by atoms with E-state index in [1.165, 1.54) is 16.7 Å². The zero-order valence-electron chi connectivity index (χ0n) is 13.7. The molecule has 0 amide bonds. The van der Waals surface area contributed by atoms with E-state index in [0.29, 0.717) is 6.04 Å². The molecule has 0 spiro atoms. The first kappa shape index (κ1) is 15.8. The van der Waals surface area contributed by atoms with Gasteiger partial charge in [-0.15, -0.1) is 0 Å². The Morgan fingerprint density at radius 1 is 1.29 bits per heavy atom. The molecule has 3 nitrogen and oxygen atoms in total. The van der Waals surface area contributed by atoms with Gasteiger partial charge in [0.1, 0.15) is 5.82 Å². The average Bonchev–Trinajstić information content (AvgIpc) is 2.85. The van der Waals surface area contributed by atoms with Crippen LogP contribution in [0.2, 0.25) is 0 Å². The van der Waals surface area contributed by atoms with Crippen LogP contribution in [0.25, 0.3) is 0 Å². The van der Waals surface area contributed by atoms with Gasteiger partial charge >= 0.3 is 0 Å². The molecule has 0 saturated heterocycles. The van der Waals surface area contributed by atoms with Crippen molar-refractivity contribution < 1.29 is 0 Å². The van der Waals surface area contributed by atoms with E-state index in [1.54, 1.807) is 0 Å². The van der Waals surface area contributed by atoms with Gasteiger partial charge in [-0.1, -0.05) is 30.7 Å². The first-order valence-corrected chi connectivity index (χ1v) is 7.88. The molecule has 2 aromatic rings. The van der Waals surface area contributed by atoms with Crippen molar-refractivity contribution in [2.45, 2.75) is 46.1 Å². The number of nitrogens with zero attached hydrogens (tertiary/aromatic N) is 2. The van der Waals surface area contributed by atoms with E-state index < -0.39 is 0 Å². The summed E-state index contributed by atoms with van der Waals surface area (Å²) < 4.78 is 2.11. The summed E-state index contributed by atoms with van der Waals surface area (Å²) in [7, 11) is 2.06. The smallest absolute Gasteiger partial charge is 0.108 e. The molecule has 0 fully saturated rings. The molecule has 0 aliphatic carbocycles. The molecule has 1 atom stereocenters. The molecule has 3 heteroatoms. The molecule has 0 aliphatic rings. The van der Waals surface area contributed by atoms with Gasteiger partial charge in [-0.2, -0.15) is 0 Å². The van der Waals surface area contributed by atoms with Crippen LogP contribution in [-0.4, -0.2) is 16.1 Å². The SMILES string of the molecule is CCCNC(CCc1nccn1C)c1ccc(C)cc1C. The first-order chi connectivity index (χ1) is 10.1. The van der Waals surface area contributed by atoms with Crippen molar-refractivity contribution in [3.63, 3.8) is 0 Å². The Labute approximate surface area is 128 Å². The fourth-order valence-electron chi connectivity index (χ4n) is 2.81. The molecule has 1 aromatic heterocycles. The summed E-state index contributed by atoms with van der Waals surface area (Å²) in [6.07, 6.45) is 7.12.